The minimum Gasteiger partial charge on any atom is -0.505 e. The van der Waals surface area contributed by atoms with Crippen LogP contribution in [-0.2, 0) is 0 Å². The highest BCUT2D eigenvalue weighted by Gasteiger charge is 2.30. The highest BCUT2D eigenvalue weighted by Crippen LogP contribution is 2.54. The average Bonchev–Trinajstić information content (AvgIpc) is 3.15. The normalized spacial score (nSPS) is 20.8. The molecule has 2 fully saturated rings. The molecule has 1 aromatic heterocycles. The molecule has 0 bridgehead atoms. The van der Waals surface area contributed by atoms with Gasteiger partial charge < -0.3 is 9.55 Å². The second-order valence-corrected chi connectivity index (χ2v) is 8.53. The van der Waals surface area contributed by atoms with Gasteiger partial charge in [0.2, 0.25) is 0 Å². The molecule has 0 saturated heterocycles. The van der Waals surface area contributed by atoms with Crippen LogP contribution in [0.15, 0.2) is 12.3 Å². The van der Waals surface area contributed by atoms with Crippen molar-refractivity contribution in [2.75, 3.05) is 4.44 Å². The van der Waals surface area contributed by atoms with Crippen molar-refractivity contribution in [2.24, 2.45) is 0 Å². The molecule has 0 amide bonds. The molecule has 1 heterocycles. The number of nitrogens with zero attached hydrogens (tertiary/aromatic N) is 2. The number of halogens is 1. The zero-order valence-corrected chi connectivity index (χ0v) is 12.1. The molecule has 0 spiro atoms. The first-order valence-electron chi connectivity index (χ1n) is 5.89. The van der Waals surface area contributed by atoms with E-state index in [-0.39, 0.29) is 5.75 Å². The van der Waals surface area contributed by atoms with Gasteiger partial charge >= 0.3 is 0 Å². The minimum absolute atomic E-state index is 0.0693. The molecule has 2 unspecified atom stereocenters. The molecule has 2 aliphatic carbocycles. The fourth-order valence-corrected chi connectivity index (χ4v) is 5.12. The third-order valence-corrected chi connectivity index (χ3v) is 6.76. The molecular formula is C11H15ClN2OP2. The Hall–Kier alpha value is -0.100. The zero-order chi connectivity index (χ0) is 11.8. The van der Waals surface area contributed by atoms with Gasteiger partial charge in [0.25, 0.3) is 0 Å². The molecule has 0 aromatic carbocycles. The summed E-state index contributed by atoms with van der Waals surface area (Å²) in [6.07, 6.45) is 6.89. The van der Waals surface area contributed by atoms with Gasteiger partial charge in [-0.1, -0.05) is 11.6 Å². The Labute approximate surface area is 110 Å². The summed E-state index contributed by atoms with van der Waals surface area (Å²) in [6, 6.07) is 1.79. The van der Waals surface area contributed by atoms with Crippen molar-refractivity contribution in [3.8, 4) is 5.75 Å². The summed E-state index contributed by atoms with van der Waals surface area (Å²) >= 11 is 5.95. The maximum atomic E-state index is 9.41. The van der Waals surface area contributed by atoms with Crippen LogP contribution < -0.4 is 4.44 Å². The maximum Gasteiger partial charge on any atom is 0.152 e. The van der Waals surface area contributed by atoms with Gasteiger partial charge in [-0.3, -0.25) is 0 Å². The van der Waals surface area contributed by atoms with Crippen LogP contribution in [0.3, 0.4) is 0 Å². The van der Waals surface area contributed by atoms with Crippen molar-refractivity contribution in [1.82, 2.24) is 4.98 Å². The second-order valence-electron chi connectivity index (χ2n) is 4.64. The van der Waals surface area contributed by atoms with E-state index in [4.69, 9.17) is 11.6 Å². The number of hydrogen-bond donors (Lipinski definition) is 1. The Morgan fingerprint density at radius 1 is 1.24 bits per heavy atom. The zero-order valence-electron chi connectivity index (χ0n) is 9.36. The van der Waals surface area contributed by atoms with Gasteiger partial charge in [0.1, 0.15) is 5.82 Å². The van der Waals surface area contributed by atoms with E-state index in [0.29, 0.717) is 5.02 Å². The number of pyridine rings is 1. The van der Waals surface area contributed by atoms with Gasteiger partial charge in [-0.25, -0.2) is 4.98 Å². The molecule has 1 aromatic rings. The summed E-state index contributed by atoms with van der Waals surface area (Å²) < 4.78 is 2.39. The van der Waals surface area contributed by atoms with Crippen molar-refractivity contribution in [3.63, 3.8) is 0 Å². The minimum atomic E-state index is 0.0693. The predicted molar refractivity (Wildman–Crippen MR) is 76.1 cm³/mol. The van der Waals surface area contributed by atoms with Gasteiger partial charge in [0.15, 0.2) is 5.75 Å². The number of aromatic hydroxyl groups is 1. The number of aromatic nitrogens is 1. The van der Waals surface area contributed by atoms with Crippen LogP contribution in [0.5, 0.6) is 5.75 Å². The van der Waals surface area contributed by atoms with Crippen LogP contribution in [0.1, 0.15) is 25.7 Å². The van der Waals surface area contributed by atoms with Crippen LogP contribution in [0.4, 0.5) is 5.82 Å². The lowest BCUT2D eigenvalue weighted by Crippen LogP contribution is -2.04. The molecule has 92 valence electrons. The summed E-state index contributed by atoms with van der Waals surface area (Å²) in [4.78, 5) is 4.31. The molecule has 0 aliphatic heterocycles. The standard InChI is InChI=1S/C11H15ClN2OP2/c12-9-5-11(13-6-10(9)15)14(16-7-1-2-7)17-8-3-4-8/h5-8,15-17H,1-4H2. The molecular weight excluding hydrogens is 274 g/mol. The molecule has 6 heteroatoms. The molecule has 2 saturated carbocycles. The highest BCUT2D eigenvalue weighted by atomic mass is 35.5. The summed E-state index contributed by atoms with van der Waals surface area (Å²) in [7, 11) is 1.67. The molecule has 3 rings (SSSR count). The van der Waals surface area contributed by atoms with Crippen molar-refractivity contribution in [3.05, 3.63) is 17.3 Å². The van der Waals surface area contributed by atoms with Crippen LogP contribution in [0, 0.1) is 0 Å². The molecule has 2 aliphatic rings. The SMILES string of the molecule is Oc1cnc(N(PC2CC2)PC2CC2)cc1Cl. The number of anilines is 1. The van der Waals surface area contributed by atoms with Gasteiger partial charge in [0, 0.05) is 6.07 Å². The van der Waals surface area contributed by atoms with Crippen LogP contribution >= 0.6 is 29.1 Å². The van der Waals surface area contributed by atoms with E-state index in [0.717, 1.165) is 34.6 Å². The molecule has 17 heavy (non-hydrogen) atoms. The van der Waals surface area contributed by atoms with Crippen LogP contribution in [0.25, 0.3) is 0 Å². The van der Waals surface area contributed by atoms with E-state index < -0.39 is 0 Å². The van der Waals surface area contributed by atoms with Crippen molar-refractivity contribution < 1.29 is 5.11 Å². The Morgan fingerprint density at radius 2 is 1.82 bits per heavy atom. The lowest BCUT2D eigenvalue weighted by molar-refractivity contribution is 0.473. The van der Waals surface area contributed by atoms with Gasteiger partial charge in [-0.15, -0.1) is 0 Å². The first-order chi connectivity index (χ1) is 8.22. The van der Waals surface area contributed by atoms with Crippen LogP contribution in [0.2, 0.25) is 5.02 Å². The second kappa shape index (κ2) is 4.88. The summed E-state index contributed by atoms with van der Waals surface area (Å²) in [5.41, 5.74) is 1.74. The number of rotatable bonds is 5. The van der Waals surface area contributed by atoms with Gasteiger partial charge in [0.05, 0.1) is 11.2 Å². The lowest BCUT2D eigenvalue weighted by atomic mass is 10.4. The van der Waals surface area contributed by atoms with Gasteiger partial charge in [-0.2, -0.15) is 0 Å². The first-order valence-corrected chi connectivity index (χ1v) is 8.32. The fraction of sp³-hybridized carbons (Fsp3) is 0.545. The van der Waals surface area contributed by atoms with E-state index in [1.807, 2.05) is 0 Å². The number of hydrogen-bond acceptors (Lipinski definition) is 3. The third-order valence-electron chi connectivity index (χ3n) is 2.83. The first kappa shape index (κ1) is 12.0. The smallest absolute Gasteiger partial charge is 0.152 e. The Morgan fingerprint density at radius 3 is 2.29 bits per heavy atom. The Bertz CT molecular complexity index is 410. The molecule has 2 atom stereocenters. The average molecular weight is 289 g/mol. The van der Waals surface area contributed by atoms with E-state index >= 15 is 0 Å². The highest BCUT2D eigenvalue weighted by molar-refractivity contribution is 7.60. The van der Waals surface area contributed by atoms with E-state index in [1.165, 1.54) is 31.9 Å². The van der Waals surface area contributed by atoms with Crippen molar-refractivity contribution in [2.45, 2.75) is 37.0 Å². The van der Waals surface area contributed by atoms with Crippen molar-refractivity contribution in [1.29, 1.82) is 0 Å². The summed E-state index contributed by atoms with van der Waals surface area (Å²) in [5.74, 6) is 1.00. The lowest BCUT2D eigenvalue weighted by Gasteiger charge is -2.23. The molecule has 0 radical (unpaired) electrons. The summed E-state index contributed by atoms with van der Waals surface area (Å²) in [5, 5.41) is 9.81. The predicted octanol–water partition coefficient (Wildman–Crippen LogP) is 3.76. The van der Waals surface area contributed by atoms with E-state index in [2.05, 4.69) is 9.42 Å². The monoisotopic (exact) mass is 288 g/mol. The molecule has 1 N–H and O–H groups in total. The topological polar surface area (TPSA) is 36.4 Å². The molecule has 3 nitrogen and oxygen atoms in total. The quantitative estimate of drug-likeness (QED) is 0.838. The van der Waals surface area contributed by atoms with Crippen LogP contribution in [-0.4, -0.2) is 21.4 Å². The summed E-state index contributed by atoms with van der Waals surface area (Å²) in [6.45, 7) is 0. The maximum absolute atomic E-state index is 9.41. The van der Waals surface area contributed by atoms with E-state index in [1.54, 1.807) is 6.07 Å². The fourth-order valence-electron chi connectivity index (χ4n) is 1.50. The van der Waals surface area contributed by atoms with Crippen molar-refractivity contribution >= 4 is 34.9 Å². The van der Waals surface area contributed by atoms with E-state index in [9.17, 15) is 5.11 Å². The Kier molecular flexibility index (Phi) is 3.43. The third kappa shape index (κ3) is 3.22. The largest absolute Gasteiger partial charge is 0.505 e. The van der Waals surface area contributed by atoms with Gasteiger partial charge in [-0.05, 0) is 54.5 Å². The Balaban J connectivity index is 1.76.